The van der Waals surface area contributed by atoms with Gasteiger partial charge in [0.2, 0.25) is 11.9 Å². The first-order chi connectivity index (χ1) is 9.72. The van der Waals surface area contributed by atoms with Crippen LogP contribution >= 0.6 is 0 Å². The smallest absolute Gasteiger partial charge is 0.323 e. The van der Waals surface area contributed by atoms with Gasteiger partial charge in [-0.2, -0.15) is 15.0 Å². The molecule has 0 unspecified atom stereocenters. The lowest BCUT2D eigenvalue weighted by atomic mass is 10.00. The van der Waals surface area contributed by atoms with Crippen molar-refractivity contribution < 1.29 is 4.74 Å². The molecule has 1 saturated heterocycles. The van der Waals surface area contributed by atoms with E-state index in [2.05, 4.69) is 39.0 Å². The molecule has 0 aliphatic carbocycles. The second-order valence-corrected chi connectivity index (χ2v) is 5.27. The second kappa shape index (κ2) is 7.26. The number of rotatable bonds is 6. The molecule has 2 heterocycles. The van der Waals surface area contributed by atoms with Crippen LogP contribution in [0.15, 0.2) is 0 Å². The highest BCUT2D eigenvalue weighted by atomic mass is 16.5. The highest BCUT2D eigenvalue weighted by Gasteiger charge is 2.19. The SMILES string of the molecule is CCCNc1nc(OCC)nc(N2CCC(C)CC2)n1. The summed E-state index contributed by atoms with van der Waals surface area (Å²) in [6.07, 6.45) is 3.41. The van der Waals surface area contributed by atoms with Gasteiger partial charge < -0.3 is 15.0 Å². The Balaban J connectivity index is 2.15. The van der Waals surface area contributed by atoms with Crippen molar-refractivity contribution in [3.63, 3.8) is 0 Å². The van der Waals surface area contributed by atoms with Crippen LogP contribution < -0.4 is 15.0 Å². The van der Waals surface area contributed by atoms with Gasteiger partial charge >= 0.3 is 6.01 Å². The molecule has 0 amide bonds. The molecule has 0 aromatic carbocycles. The van der Waals surface area contributed by atoms with Crippen molar-refractivity contribution in [3.05, 3.63) is 0 Å². The summed E-state index contributed by atoms with van der Waals surface area (Å²) < 4.78 is 5.45. The van der Waals surface area contributed by atoms with Crippen molar-refractivity contribution in [3.8, 4) is 6.01 Å². The number of hydrogen-bond acceptors (Lipinski definition) is 6. The Hall–Kier alpha value is -1.59. The first-order valence-corrected chi connectivity index (χ1v) is 7.60. The van der Waals surface area contributed by atoms with Gasteiger partial charge in [0.15, 0.2) is 0 Å². The van der Waals surface area contributed by atoms with Gasteiger partial charge in [-0.25, -0.2) is 0 Å². The molecule has 0 bridgehead atoms. The van der Waals surface area contributed by atoms with Crippen LogP contribution in [-0.4, -0.2) is 41.2 Å². The predicted octanol–water partition coefficient (Wildman–Crippen LogP) is 2.33. The number of anilines is 2. The van der Waals surface area contributed by atoms with Crippen LogP contribution in [0.4, 0.5) is 11.9 Å². The van der Waals surface area contributed by atoms with Crippen LogP contribution in [-0.2, 0) is 0 Å². The second-order valence-electron chi connectivity index (χ2n) is 5.27. The number of hydrogen-bond donors (Lipinski definition) is 1. The van der Waals surface area contributed by atoms with E-state index in [-0.39, 0.29) is 0 Å². The van der Waals surface area contributed by atoms with Crippen LogP contribution in [0.1, 0.15) is 40.0 Å². The van der Waals surface area contributed by atoms with Crippen LogP contribution in [0.2, 0.25) is 0 Å². The largest absolute Gasteiger partial charge is 0.464 e. The highest BCUT2D eigenvalue weighted by Crippen LogP contribution is 2.22. The van der Waals surface area contributed by atoms with Crippen molar-refractivity contribution in [2.45, 2.75) is 40.0 Å². The molecule has 6 nitrogen and oxygen atoms in total. The molecule has 6 heteroatoms. The first-order valence-electron chi connectivity index (χ1n) is 7.60. The Morgan fingerprint density at radius 3 is 2.60 bits per heavy atom. The van der Waals surface area contributed by atoms with Gasteiger partial charge in [-0.05, 0) is 32.1 Å². The maximum atomic E-state index is 5.45. The molecular formula is C14H25N5O. The Morgan fingerprint density at radius 2 is 1.95 bits per heavy atom. The third kappa shape index (κ3) is 3.95. The summed E-state index contributed by atoms with van der Waals surface area (Å²) in [5.41, 5.74) is 0. The Bertz CT molecular complexity index is 418. The van der Waals surface area contributed by atoms with E-state index in [0.29, 0.717) is 18.6 Å². The predicted molar refractivity (Wildman–Crippen MR) is 80.4 cm³/mol. The van der Waals surface area contributed by atoms with Crippen LogP contribution in [0, 0.1) is 5.92 Å². The number of nitrogens with zero attached hydrogens (tertiary/aromatic N) is 4. The van der Waals surface area contributed by atoms with Gasteiger partial charge in [0, 0.05) is 19.6 Å². The van der Waals surface area contributed by atoms with Crippen molar-refractivity contribution in [1.82, 2.24) is 15.0 Å². The lowest BCUT2D eigenvalue weighted by Crippen LogP contribution is -2.34. The van der Waals surface area contributed by atoms with E-state index in [1.165, 1.54) is 12.8 Å². The normalized spacial score (nSPS) is 16.2. The van der Waals surface area contributed by atoms with Crippen molar-refractivity contribution in [2.75, 3.05) is 36.5 Å². The van der Waals surface area contributed by atoms with Crippen LogP contribution in [0.25, 0.3) is 0 Å². The molecular weight excluding hydrogens is 254 g/mol. The Kier molecular flexibility index (Phi) is 5.38. The lowest BCUT2D eigenvalue weighted by molar-refractivity contribution is 0.311. The molecule has 0 radical (unpaired) electrons. The van der Waals surface area contributed by atoms with E-state index in [9.17, 15) is 0 Å². The molecule has 2 rings (SSSR count). The standard InChI is InChI=1S/C14H25N5O/c1-4-8-15-12-16-13(18-14(17-12)20-5-2)19-9-6-11(3)7-10-19/h11H,4-10H2,1-3H3,(H,15,16,17,18). The zero-order valence-corrected chi connectivity index (χ0v) is 12.7. The fraction of sp³-hybridized carbons (Fsp3) is 0.786. The fourth-order valence-corrected chi connectivity index (χ4v) is 2.21. The van der Waals surface area contributed by atoms with E-state index >= 15 is 0 Å². The quantitative estimate of drug-likeness (QED) is 0.862. The molecule has 0 atom stereocenters. The molecule has 1 aromatic heterocycles. The molecule has 1 N–H and O–H groups in total. The number of ether oxygens (including phenoxy) is 1. The van der Waals surface area contributed by atoms with E-state index in [4.69, 9.17) is 4.74 Å². The monoisotopic (exact) mass is 279 g/mol. The molecule has 1 aliphatic rings. The van der Waals surface area contributed by atoms with Gasteiger partial charge in [0.05, 0.1) is 6.61 Å². The van der Waals surface area contributed by atoms with Crippen molar-refractivity contribution in [2.24, 2.45) is 5.92 Å². The van der Waals surface area contributed by atoms with Crippen molar-refractivity contribution >= 4 is 11.9 Å². The average Bonchev–Trinajstić information content (AvgIpc) is 2.46. The van der Waals surface area contributed by atoms with E-state index in [0.717, 1.165) is 37.9 Å². The number of piperidine rings is 1. The molecule has 20 heavy (non-hydrogen) atoms. The Morgan fingerprint density at radius 1 is 1.20 bits per heavy atom. The third-order valence-electron chi connectivity index (χ3n) is 3.48. The minimum absolute atomic E-state index is 0.412. The summed E-state index contributed by atoms with van der Waals surface area (Å²) in [6, 6.07) is 0.412. The number of nitrogens with one attached hydrogen (secondary N) is 1. The molecule has 0 spiro atoms. The van der Waals surface area contributed by atoms with Gasteiger partial charge in [-0.1, -0.05) is 13.8 Å². The summed E-state index contributed by atoms with van der Waals surface area (Å²) in [7, 11) is 0. The minimum Gasteiger partial charge on any atom is -0.464 e. The zero-order valence-electron chi connectivity index (χ0n) is 12.7. The topological polar surface area (TPSA) is 63.2 Å². The summed E-state index contributed by atoms with van der Waals surface area (Å²) in [5.74, 6) is 2.13. The summed E-state index contributed by atoms with van der Waals surface area (Å²) >= 11 is 0. The van der Waals surface area contributed by atoms with Crippen LogP contribution in [0.3, 0.4) is 0 Å². The first kappa shape index (κ1) is 14.8. The van der Waals surface area contributed by atoms with Gasteiger partial charge in [-0.15, -0.1) is 0 Å². The number of aromatic nitrogens is 3. The lowest BCUT2D eigenvalue weighted by Gasteiger charge is -2.30. The zero-order chi connectivity index (χ0) is 14.4. The van der Waals surface area contributed by atoms with Crippen molar-refractivity contribution in [1.29, 1.82) is 0 Å². The summed E-state index contributed by atoms with van der Waals surface area (Å²) in [5, 5.41) is 3.21. The average molecular weight is 279 g/mol. The van der Waals surface area contributed by atoms with Gasteiger partial charge in [0.25, 0.3) is 0 Å². The molecule has 112 valence electrons. The van der Waals surface area contributed by atoms with Gasteiger partial charge in [0.1, 0.15) is 0 Å². The third-order valence-corrected chi connectivity index (χ3v) is 3.48. The van der Waals surface area contributed by atoms with E-state index in [1.54, 1.807) is 0 Å². The Labute approximate surface area is 121 Å². The maximum absolute atomic E-state index is 5.45. The van der Waals surface area contributed by atoms with Crippen LogP contribution in [0.5, 0.6) is 6.01 Å². The molecule has 1 aliphatic heterocycles. The maximum Gasteiger partial charge on any atom is 0.323 e. The minimum atomic E-state index is 0.412. The molecule has 0 saturated carbocycles. The summed E-state index contributed by atoms with van der Waals surface area (Å²) in [4.78, 5) is 15.4. The highest BCUT2D eigenvalue weighted by molar-refractivity contribution is 5.38. The molecule has 1 fully saturated rings. The van der Waals surface area contributed by atoms with E-state index < -0.39 is 0 Å². The van der Waals surface area contributed by atoms with Gasteiger partial charge in [-0.3, -0.25) is 0 Å². The van der Waals surface area contributed by atoms with E-state index in [1.807, 2.05) is 6.92 Å². The molecule has 1 aromatic rings. The fourth-order valence-electron chi connectivity index (χ4n) is 2.21. The summed E-state index contributed by atoms with van der Waals surface area (Å²) in [6.45, 7) is 9.77.